The van der Waals surface area contributed by atoms with E-state index in [1.54, 1.807) is 23.9 Å². The van der Waals surface area contributed by atoms with Crippen LogP contribution in [0.25, 0.3) is 38.0 Å². The number of aromatic nitrogens is 1. The van der Waals surface area contributed by atoms with E-state index >= 15 is 0 Å². The van der Waals surface area contributed by atoms with Crippen LogP contribution < -0.4 is 4.57 Å². The molecule has 0 bridgehead atoms. The van der Waals surface area contributed by atoms with Gasteiger partial charge in [0.15, 0.2) is 6.20 Å². The SMILES string of the molecule is [2H]C([2H])([2H])c1ccc([N+]#[C-])c2oc3c(-c4cc(F)cc[n+]4C)c(C)ccc3c12. The van der Waals surface area contributed by atoms with Crippen LogP contribution in [0.4, 0.5) is 10.1 Å². The van der Waals surface area contributed by atoms with Crippen LogP contribution in [-0.4, -0.2) is 0 Å². The Bertz CT molecular complexity index is 1300. The molecule has 2 aromatic heterocycles. The van der Waals surface area contributed by atoms with Gasteiger partial charge in [-0.15, -0.1) is 0 Å². The Hall–Kier alpha value is -3.19. The topological polar surface area (TPSA) is 21.4 Å². The summed E-state index contributed by atoms with van der Waals surface area (Å²) in [5.41, 5.74) is 3.18. The van der Waals surface area contributed by atoms with Crippen molar-refractivity contribution in [3.8, 4) is 11.3 Å². The Kier molecular flexibility index (Phi) is 2.65. The summed E-state index contributed by atoms with van der Waals surface area (Å²) in [5, 5.41) is 1.00. The summed E-state index contributed by atoms with van der Waals surface area (Å²) in [5.74, 6) is -0.384. The minimum Gasteiger partial charge on any atom is -0.466 e. The molecule has 0 spiro atoms. The summed E-state index contributed by atoms with van der Waals surface area (Å²) in [6.07, 6.45) is 1.62. The van der Waals surface area contributed by atoms with Crippen LogP contribution in [0.3, 0.4) is 0 Å². The fraction of sp³-hybridized carbons (Fsp3) is 0.143. The number of rotatable bonds is 1. The maximum Gasteiger partial charge on any atom is 0.229 e. The molecule has 4 heteroatoms. The number of fused-ring (bicyclic) bond motifs is 3. The normalized spacial score (nSPS) is 13.4. The monoisotopic (exact) mass is 334 g/mol. The lowest BCUT2D eigenvalue weighted by Crippen LogP contribution is -2.30. The van der Waals surface area contributed by atoms with Crippen LogP contribution in [0.2, 0.25) is 0 Å². The number of nitrogens with zero attached hydrogens (tertiary/aromatic N) is 2. The Morgan fingerprint density at radius 3 is 2.72 bits per heavy atom. The van der Waals surface area contributed by atoms with Crippen molar-refractivity contribution in [1.29, 1.82) is 0 Å². The minimum absolute atomic E-state index is 0.132. The summed E-state index contributed by atoms with van der Waals surface area (Å²) < 4.78 is 45.4. The summed E-state index contributed by atoms with van der Waals surface area (Å²) >= 11 is 0. The average Bonchev–Trinajstić information content (AvgIpc) is 3.01. The van der Waals surface area contributed by atoms with Gasteiger partial charge in [0, 0.05) is 27.0 Å². The number of pyridine rings is 1. The molecule has 4 rings (SSSR count). The number of aryl methyl sites for hydroxylation is 3. The Morgan fingerprint density at radius 1 is 1.16 bits per heavy atom. The van der Waals surface area contributed by atoms with E-state index in [0.717, 1.165) is 5.56 Å². The number of hydrogen-bond acceptors (Lipinski definition) is 1. The highest BCUT2D eigenvalue weighted by Gasteiger charge is 2.22. The summed E-state index contributed by atoms with van der Waals surface area (Å²) in [6.45, 7) is 6.94. The van der Waals surface area contributed by atoms with Crippen molar-refractivity contribution in [3.05, 3.63) is 71.0 Å². The summed E-state index contributed by atoms with van der Waals surface area (Å²) in [7, 11) is 1.80. The zero-order chi connectivity index (χ0) is 20.2. The van der Waals surface area contributed by atoms with E-state index in [0.29, 0.717) is 27.6 Å². The van der Waals surface area contributed by atoms with Crippen molar-refractivity contribution in [1.82, 2.24) is 0 Å². The number of halogens is 1. The Morgan fingerprint density at radius 2 is 1.96 bits per heavy atom. The van der Waals surface area contributed by atoms with Crippen molar-refractivity contribution in [2.24, 2.45) is 7.05 Å². The van der Waals surface area contributed by atoms with E-state index in [2.05, 4.69) is 4.85 Å². The zero-order valence-electron chi connectivity index (χ0n) is 16.7. The fourth-order valence-electron chi connectivity index (χ4n) is 3.23. The largest absolute Gasteiger partial charge is 0.466 e. The van der Waals surface area contributed by atoms with E-state index in [4.69, 9.17) is 15.1 Å². The molecule has 0 radical (unpaired) electrons. The van der Waals surface area contributed by atoms with E-state index in [1.165, 1.54) is 24.3 Å². The van der Waals surface area contributed by atoms with E-state index in [9.17, 15) is 4.39 Å². The first-order valence-corrected chi connectivity index (χ1v) is 7.74. The second-order valence-electron chi connectivity index (χ2n) is 6.03. The van der Waals surface area contributed by atoms with Crippen molar-refractivity contribution in [3.63, 3.8) is 0 Å². The predicted molar refractivity (Wildman–Crippen MR) is 96.0 cm³/mol. The first-order chi connectivity index (χ1) is 13.2. The van der Waals surface area contributed by atoms with Crippen LogP contribution in [0, 0.1) is 26.2 Å². The first kappa shape index (κ1) is 12.2. The highest BCUT2D eigenvalue weighted by atomic mass is 19.1. The van der Waals surface area contributed by atoms with Crippen molar-refractivity contribution in [2.45, 2.75) is 13.8 Å². The van der Waals surface area contributed by atoms with Gasteiger partial charge >= 0.3 is 0 Å². The Balaban J connectivity index is 2.22. The molecule has 0 saturated carbocycles. The molecule has 0 N–H and O–H groups in total. The second kappa shape index (κ2) is 5.42. The smallest absolute Gasteiger partial charge is 0.229 e. The first-order valence-electron chi connectivity index (χ1n) is 9.24. The molecule has 0 atom stereocenters. The molecule has 25 heavy (non-hydrogen) atoms. The molecule has 3 nitrogen and oxygen atoms in total. The highest BCUT2D eigenvalue weighted by molar-refractivity contribution is 6.14. The lowest BCUT2D eigenvalue weighted by Gasteiger charge is -2.05. The maximum absolute atomic E-state index is 14.0. The van der Waals surface area contributed by atoms with E-state index < -0.39 is 6.85 Å². The lowest BCUT2D eigenvalue weighted by molar-refractivity contribution is -0.660. The average molecular weight is 334 g/mol. The number of benzene rings is 2. The molecule has 0 unspecified atom stereocenters. The van der Waals surface area contributed by atoms with Gasteiger partial charge in [0.25, 0.3) is 0 Å². The third-order valence-electron chi connectivity index (χ3n) is 4.46. The van der Waals surface area contributed by atoms with Gasteiger partial charge in [-0.2, -0.15) is 0 Å². The van der Waals surface area contributed by atoms with Crippen molar-refractivity contribution in [2.75, 3.05) is 0 Å². The lowest BCUT2D eigenvalue weighted by atomic mass is 9.99. The van der Waals surface area contributed by atoms with Crippen molar-refractivity contribution < 1.29 is 17.5 Å². The maximum atomic E-state index is 14.0. The molecular weight excluding hydrogens is 315 g/mol. The molecule has 2 heterocycles. The quantitative estimate of drug-likeness (QED) is 0.338. The fourth-order valence-corrected chi connectivity index (χ4v) is 3.23. The third kappa shape index (κ3) is 2.20. The molecule has 0 aliphatic heterocycles. The van der Waals surface area contributed by atoms with Gasteiger partial charge in [-0.1, -0.05) is 24.3 Å². The highest BCUT2D eigenvalue weighted by Crippen LogP contribution is 2.41. The Labute approximate surface area is 149 Å². The number of hydrogen-bond donors (Lipinski definition) is 0. The van der Waals surface area contributed by atoms with E-state index in [-0.39, 0.29) is 22.7 Å². The summed E-state index contributed by atoms with van der Waals surface area (Å²) in [4.78, 5) is 3.48. The standard InChI is InChI=1S/C21H16FN2O/c1-12-6-8-16(23-3)21-18(12)15-7-5-13(2)19(20(15)25-21)17-11-14(22)9-10-24(17)4/h5-11H,1-2,4H3/q+1/i1D3. The molecule has 0 aliphatic carbocycles. The van der Waals surface area contributed by atoms with Crippen LogP contribution in [0.15, 0.2) is 47.0 Å². The van der Waals surface area contributed by atoms with Crippen LogP contribution in [-0.2, 0) is 7.05 Å². The van der Waals surface area contributed by atoms with Gasteiger partial charge in [-0.05, 0) is 24.9 Å². The second-order valence-corrected chi connectivity index (χ2v) is 6.03. The number of furan rings is 1. The zero-order valence-corrected chi connectivity index (χ0v) is 13.7. The van der Waals surface area contributed by atoms with Crippen LogP contribution in [0.5, 0.6) is 0 Å². The molecule has 122 valence electrons. The van der Waals surface area contributed by atoms with Gasteiger partial charge in [-0.25, -0.2) is 13.8 Å². The minimum atomic E-state index is -2.36. The summed E-state index contributed by atoms with van der Waals surface area (Å²) in [6, 6.07) is 9.35. The van der Waals surface area contributed by atoms with Crippen molar-refractivity contribution >= 4 is 27.6 Å². The molecule has 0 amide bonds. The molecular formula is C21H16FN2O+. The van der Waals surface area contributed by atoms with Crippen LogP contribution >= 0.6 is 0 Å². The molecule has 0 fully saturated rings. The van der Waals surface area contributed by atoms with Crippen LogP contribution in [0.1, 0.15) is 15.2 Å². The van der Waals surface area contributed by atoms with Gasteiger partial charge in [-0.3, -0.25) is 0 Å². The van der Waals surface area contributed by atoms with Gasteiger partial charge in [0.05, 0.1) is 12.1 Å². The molecule has 4 aromatic rings. The van der Waals surface area contributed by atoms with E-state index in [1.807, 2.05) is 13.0 Å². The molecule has 0 aliphatic rings. The van der Waals surface area contributed by atoms with Gasteiger partial charge in [0.2, 0.25) is 11.4 Å². The van der Waals surface area contributed by atoms with Gasteiger partial charge in [0.1, 0.15) is 24.0 Å². The third-order valence-corrected chi connectivity index (χ3v) is 4.46. The predicted octanol–water partition coefficient (Wildman–Crippen LogP) is 5.38. The molecule has 0 saturated heterocycles. The molecule has 2 aromatic carbocycles. The van der Waals surface area contributed by atoms with Gasteiger partial charge < -0.3 is 4.42 Å².